The average molecular weight is 491 g/mol. The minimum Gasteiger partial charge on any atom is -0.390 e. The van der Waals surface area contributed by atoms with Gasteiger partial charge in [0.05, 0.1) is 28.9 Å². The van der Waals surface area contributed by atoms with E-state index in [0.717, 1.165) is 31.2 Å². The number of ether oxygens (including phenoxy) is 1. The smallest absolute Gasteiger partial charge is 0.102 e. The largest absolute Gasteiger partial charge is 0.390 e. The summed E-state index contributed by atoms with van der Waals surface area (Å²) in [5.74, 6) is -0.0699. The Morgan fingerprint density at radius 1 is 1.00 bits per heavy atom. The highest BCUT2D eigenvalue weighted by Gasteiger charge is 2.76. The third kappa shape index (κ3) is 2.72. The van der Waals surface area contributed by atoms with E-state index in [-0.39, 0.29) is 23.3 Å². The Morgan fingerprint density at radius 3 is 2.64 bits per heavy atom. The van der Waals surface area contributed by atoms with E-state index in [1.807, 2.05) is 31.3 Å². The number of pyridine rings is 1. The van der Waals surface area contributed by atoms with Crippen molar-refractivity contribution in [2.75, 3.05) is 14.1 Å². The lowest BCUT2D eigenvalue weighted by Crippen LogP contribution is -2.73. The van der Waals surface area contributed by atoms with Crippen LogP contribution in [0.4, 0.5) is 0 Å². The van der Waals surface area contributed by atoms with Gasteiger partial charge in [-0.1, -0.05) is 31.2 Å². The van der Waals surface area contributed by atoms with Crippen LogP contribution in [0.3, 0.4) is 0 Å². The summed E-state index contributed by atoms with van der Waals surface area (Å²) in [5, 5.41) is 35.7. The third-order valence-corrected chi connectivity index (χ3v) is 11.2. The molecule has 5 aliphatic rings. The molecule has 36 heavy (non-hydrogen) atoms. The van der Waals surface area contributed by atoms with Crippen molar-refractivity contribution in [2.24, 2.45) is 17.3 Å². The van der Waals surface area contributed by atoms with Crippen molar-refractivity contribution in [3.63, 3.8) is 0 Å². The van der Waals surface area contributed by atoms with E-state index in [4.69, 9.17) is 4.74 Å². The van der Waals surface area contributed by atoms with Gasteiger partial charge < -0.3 is 25.0 Å². The molecule has 2 aliphatic heterocycles. The molecule has 6 nitrogen and oxygen atoms in total. The van der Waals surface area contributed by atoms with Gasteiger partial charge in [-0.15, -0.1) is 0 Å². The van der Waals surface area contributed by atoms with Crippen molar-refractivity contribution in [1.29, 1.82) is 0 Å². The fourth-order valence-corrected chi connectivity index (χ4v) is 9.37. The van der Waals surface area contributed by atoms with Crippen LogP contribution in [0.1, 0.15) is 57.4 Å². The highest BCUT2D eigenvalue weighted by Crippen LogP contribution is 2.72. The molecule has 2 bridgehead atoms. The molecule has 1 aromatic carbocycles. The van der Waals surface area contributed by atoms with E-state index in [1.54, 1.807) is 0 Å². The number of nitrogens with zero attached hydrogens (tertiary/aromatic N) is 2. The van der Waals surface area contributed by atoms with E-state index in [2.05, 4.69) is 42.2 Å². The fraction of sp³-hybridized carbons (Fsp3) is 0.633. The lowest BCUT2D eigenvalue weighted by Gasteiger charge is -2.65. The Kier molecular flexibility index (Phi) is 4.78. The Bertz CT molecular complexity index is 1260. The van der Waals surface area contributed by atoms with Gasteiger partial charge in [-0.2, -0.15) is 0 Å². The van der Waals surface area contributed by atoms with Crippen LogP contribution in [-0.4, -0.2) is 74.4 Å². The average Bonchev–Trinajstić information content (AvgIpc) is 3.39. The molecular weight excluding hydrogens is 452 g/mol. The van der Waals surface area contributed by atoms with Gasteiger partial charge in [0.15, 0.2) is 0 Å². The summed E-state index contributed by atoms with van der Waals surface area (Å²) < 4.78 is 7.24. The first-order valence-electron chi connectivity index (χ1n) is 13.6. The van der Waals surface area contributed by atoms with E-state index in [1.165, 1.54) is 16.5 Å². The molecule has 1 aromatic heterocycles. The molecule has 3 N–H and O–H groups in total. The van der Waals surface area contributed by atoms with E-state index in [9.17, 15) is 15.3 Å². The van der Waals surface area contributed by atoms with Gasteiger partial charge >= 0.3 is 0 Å². The number of aromatic nitrogens is 1. The van der Waals surface area contributed by atoms with Crippen LogP contribution in [0.15, 0.2) is 42.6 Å². The number of aliphatic hydroxyl groups is 3. The number of hydrogen-bond acceptors (Lipinski definition) is 6. The van der Waals surface area contributed by atoms with E-state index < -0.39 is 29.0 Å². The third-order valence-electron chi connectivity index (χ3n) is 11.2. The summed E-state index contributed by atoms with van der Waals surface area (Å²) >= 11 is 0. The second-order valence-electron chi connectivity index (χ2n) is 12.8. The number of fused-ring (bicyclic) bond motifs is 2. The molecule has 3 heterocycles. The zero-order valence-corrected chi connectivity index (χ0v) is 21.5. The maximum Gasteiger partial charge on any atom is 0.102 e. The summed E-state index contributed by atoms with van der Waals surface area (Å²) in [6.45, 7) is 2.38. The van der Waals surface area contributed by atoms with Gasteiger partial charge in [-0.05, 0) is 87.7 Å². The monoisotopic (exact) mass is 490 g/mol. The number of likely N-dealkylation sites (N-methyl/N-ethyl adjacent to an activating group) is 1. The molecule has 3 aliphatic carbocycles. The van der Waals surface area contributed by atoms with Gasteiger partial charge in [-0.3, -0.25) is 4.98 Å². The molecule has 192 valence electrons. The van der Waals surface area contributed by atoms with Crippen LogP contribution in [0.2, 0.25) is 0 Å². The number of hydrogen-bond donors (Lipinski definition) is 3. The van der Waals surface area contributed by atoms with Gasteiger partial charge in [0.2, 0.25) is 0 Å². The maximum absolute atomic E-state index is 12.3. The minimum atomic E-state index is -0.989. The summed E-state index contributed by atoms with van der Waals surface area (Å²) in [4.78, 5) is 6.61. The van der Waals surface area contributed by atoms with Crippen molar-refractivity contribution in [2.45, 2.75) is 86.9 Å². The molecule has 7 rings (SSSR count). The zero-order chi connectivity index (χ0) is 25.1. The van der Waals surface area contributed by atoms with Crippen LogP contribution in [0, 0.1) is 17.3 Å². The van der Waals surface area contributed by atoms with Gasteiger partial charge in [-0.25, -0.2) is 0 Å². The van der Waals surface area contributed by atoms with Gasteiger partial charge in [0, 0.05) is 29.5 Å². The lowest BCUT2D eigenvalue weighted by atomic mass is 9.51. The lowest BCUT2D eigenvalue weighted by molar-refractivity contribution is -0.331. The molecule has 9 atom stereocenters. The zero-order valence-electron chi connectivity index (χ0n) is 21.5. The Morgan fingerprint density at radius 2 is 1.83 bits per heavy atom. The topological polar surface area (TPSA) is 86.1 Å². The van der Waals surface area contributed by atoms with E-state index in [0.29, 0.717) is 19.3 Å². The normalized spacial score (nSPS) is 47.4. The molecule has 2 aromatic rings. The van der Waals surface area contributed by atoms with E-state index >= 15 is 0 Å². The van der Waals surface area contributed by atoms with Crippen molar-refractivity contribution < 1.29 is 20.1 Å². The second kappa shape index (κ2) is 7.39. The summed E-state index contributed by atoms with van der Waals surface area (Å²) in [7, 11) is 3.93. The van der Waals surface area contributed by atoms with Crippen molar-refractivity contribution >= 4 is 16.5 Å². The number of allylic oxidation sites excluding steroid dienone is 2. The quantitative estimate of drug-likeness (QED) is 0.597. The first-order valence-corrected chi connectivity index (χ1v) is 13.6. The second-order valence-corrected chi connectivity index (χ2v) is 12.8. The number of aliphatic hydroxyl groups excluding tert-OH is 2. The van der Waals surface area contributed by atoms with Crippen LogP contribution in [0.25, 0.3) is 16.5 Å². The molecule has 6 heteroatoms. The molecular formula is C30H38N2O4. The Balaban J connectivity index is 1.30. The first kappa shape index (κ1) is 23.3. The number of rotatable bonds is 2. The van der Waals surface area contributed by atoms with Crippen molar-refractivity contribution in [3.05, 3.63) is 48.2 Å². The van der Waals surface area contributed by atoms with Crippen LogP contribution in [-0.2, 0) is 4.74 Å². The highest BCUT2D eigenvalue weighted by atomic mass is 16.6. The molecule has 2 saturated carbocycles. The highest BCUT2D eigenvalue weighted by molar-refractivity contribution is 5.93. The SMILES string of the molecule is CN(C)[C@H]1C[C@@]23CC[C@]4(O2)C2CC=C(c5cccc6ncccc56)[C@@]2(C)CCC4(O)CC3[C@@H](O)[C@@H]1O. The predicted octanol–water partition coefficient (Wildman–Crippen LogP) is 3.53. The van der Waals surface area contributed by atoms with Gasteiger partial charge in [0.25, 0.3) is 0 Å². The van der Waals surface area contributed by atoms with Crippen molar-refractivity contribution in [3.8, 4) is 0 Å². The predicted molar refractivity (Wildman–Crippen MR) is 138 cm³/mol. The summed E-state index contributed by atoms with van der Waals surface area (Å²) in [6, 6.07) is 10.4. The fourth-order valence-electron chi connectivity index (χ4n) is 9.37. The standard InChI is InChI=1S/C30H38N2O4/c1-27-11-13-29(35)16-21-25(33)26(34)23(32(2)3)17-28(21)12-14-30(29,36-28)24(27)10-9-20(27)18-6-4-8-22-19(18)7-5-15-31-22/h4-9,15,21,23-26,33-35H,10-14,16-17H2,1-3H3/t21?,23-,24?,25+,26+,27+,28+,29?,30-/m0/s1. The number of benzene rings is 1. The minimum absolute atomic E-state index is 0.109. The molecule has 4 fully saturated rings. The molecule has 2 saturated heterocycles. The molecule has 2 spiro atoms. The van der Waals surface area contributed by atoms with Crippen molar-refractivity contribution in [1.82, 2.24) is 9.88 Å². The Labute approximate surface area is 213 Å². The van der Waals surface area contributed by atoms with Crippen LogP contribution >= 0.6 is 0 Å². The summed E-state index contributed by atoms with van der Waals surface area (Å²) in [5.41, 5.74) is 1.40. The Hall–Kier alpha value is -1.83. The van der Waals surface area contributed by atoms with Crippen LogP contribution in [0.5, 0.6) is 0 Å². The molecule has 3 unspecified atom stereocenters. The van der Waals surface area contributed by atoms with Gasteiger partial charge in [0.1, 0.15) is 5.60 Å². The first-order chi connectivity index (χ1) is 17.1. The summed E-state index contributed by atoms with van der Waals surface area (Å²) in [6.07, 6.45) is 7.77. The van der Waals surface area contributed by atoms with Crippen LogP contribution < -0.4 is 0 Å². The molecule has 0 amide bonds. The molecule has 0 radical (unpaired) electrons. The maximum atomic E-state index is 12.3.